The predicted molar refractivity (Wildman–Crippen MR) is 92.3 cm³/mol. The predicted octanol–water partition coefficient (Wildman–Crippen LogP) is 3.73. The van der Waals surface area contributed by atoms with Crippen LogP contribution >= 0.6 is 23.4 Å². The Morgan fingerprint density at radius 3 is 2.50 bits per heavy atom. The monoisotopic (exact) mass is 424 g/mol. The Labute approximate surface area is 157 Å². The van der Waals surface area contributed by atoms with E-state index in [9.17, 15) is 22.0 Å². The maximum Gasteiger partial charge on any atom is 0.362 e. The Kier molecular flexibility index (Phi) is 9.47. The topological polar surface area (TPSA) is 111 Å². The van der Waals surface area contributed by atoms with Gasteiger partial charge >= 0.3 is 16.5 Å². The minimum absolute atomic E-state index is 0.0328. The summed E-state index contributed by atoms with van der Waals surface area (Å²) >= 11 is 6.15. The summed E-state index contributed by atoms with van der Waals surface area (Å²) in [5, 5.41) is 2.04. The van der Waals surface area contributed by atoms with E-state index in [2.05, 4.69) is 14.3 Å². The molecule has 1 N–H and O–H groups in total. The number of ether oxygens (including phenoxy) is 1. The first-order valence-corrected chi connectivity index (χ1v) is 8.79. The van der Waals surface area contributed by atoms with Gasteiger partial charge in [-0.2, -0.15) is 22.2 Å². The summed E-state index contributed by atoms with van der Waals surface area (Å²) in [5.41, 5.74) is 0. The highest BCUT2D eigenvalue weighted by atomic mass is 35.5. The summed E-state index contributed by atoms with van der Waals surface area (Å²) in [6.07, 6.45) is 0. The molecule has 0 spiro atoms. The maximum absolute atomic E-state index is 11.7. The van der Waals surface area contributed by atoms with Gasteiger partial charge in [0.25, 0.3) is 5.76 Å². The number of halogens is 3. The number of methoxy groups -OCH3 is 1. The van der Waals surface area contributed by atoms with Gasteiger partial charge < -0.3 is 4.74 Å². The summed E-state index contributed by atoms with van der Waals surface area (Å²) < 4.78 is 50.9. The van der Waals surface area contributed by atoms with E-state index in [1.54, 1.807) is 30.3 Å². The van der Waals surface area contributed by atoms with Crippen molar-refractivity contribution in [3.8, 4) is 5.88 Å². The van der Waals surface area contributed by atoms with E-state index in [4.69, 9.17) is 16.3 Å². The van der Waals surface area contributed by atoms with E-state index in [1.165, 1.54) is 13.2 Å². The molecule has 0 atom stereocenters. The van der Waals surface area contributed by atoms with Crippen LogP contribution in [0.15, 0.2) is 45.7 Å². The van der Waals surface area contributed by atoms with Crippen LogP contribution in [0.1, 0.15) is 0 Å². The number of amides is 2. The highest BCUT2D eigenvalue weighted by molar-refractivity contribution is 7.99. The van der Waals surface area contributed by atoms with E-state index >= 15 is 0 Å². The average Bonchev–Trinajstić information content (AvgIpc) is 2.54. The molecule has 1 aromatic heterocycles. The first-order chi connectivity index (χ1) is 12.3. The van der Waals surface area contributed by atoms with Crippen molar-refractivity contribution in [2.24, 2.45) is 4.36 Å². The fourth-order valence-corrected chi connectivity index (χ4v) is 2.22. The molecule has 13 heteroatoms. The molecule has 26 heavy (non-hydrogen) atoms. The third-order valence-electron chi connectivity index (χ3n) is 2.23. The fourth-order valence-electron chi connectivity index (χ4n) is 1.35. The van der Waals surface area contributed by atoms with E-state index in [0.717, 1.165) is 0 Å². The Morgan fingerprint density at radius 1 is 1.31 bits per heavy atom. The molecule has 0 aliphatic heterocycles. The second kappa shape index (κ2) is 11.3. The number of carbonyl (C=O) groups excluding carboxylic acids is 1. The van der Waals surface area contributed by atoms with Gasteiger partial charge in [-0.3, -0.25) is 5.32 Å². The number of nitrogens with one attached hydrogen (secondary N) is 1. The largest absolute Gasteiger partial charge is 0.481 e. The SMILES string of the molecule is COc1cc(Cl)nc(NC(=O)N=S(=O)=O)n1.FC(F)Sc1ccccc1. The summed E-state index contributed by atoms with van der Waals surface area (Å²) in [4.78, 5) is 18.8. The zero-order valence-electron chi connectivity index (χ0n) is 13.0. The Bertz CT molecular complexity index is 862. The second-order valence-electron chi connectivity index (χ2n) is 3.99. The van der Waals surface area contributed by atoms with Gasteiger partial charge in [0.1, 0.15) is 5.15 Å². The number of rotatable bonds is 4. The Balaban J connectivity index is 0.000000289. The van der Waals surface area contributed by atoms with Crippen molar-refractivity contribution in [3.05, 3.63) is 41.6 Å². The lowest BCUT2D eigenvalue weighted by Gasteiger charge is -2.02. The summed E-state index contributed by atoms with van der Waals surface area (Å²) in [5.74, 6) is -2.40. The zero-order chi connectivity index (χ0) is 19.5. The molecule has 0 unspecified atom stereocenters. The number of anilines is 1. The molecule has 2 amide bonds. The van der Waals surface area contributed by atoms with Crippen molar-refractivity contribution >= 4 is 45.8 Å². The van der Waals surface area contributed by atoms with Gasteiger partial charge in [0, 0.05) is 11.0 Å². The van der Waals surface area contributed by atoms with Gasteiger partial charge in [-0.1, -0.05) is 45.9 Å². The van der Waals surface area contributed by atoms with Crippen molar-refractivity contribution in [1.82, 2.24) is 9.97 Å². The van der Waals surface area contributed by atoms with Crippen LogP contribution in [-0.2, 0) is 10.5 Å². The molecule has 2 aromatic rings. The number of hydrogen-bond donors (Lipinski definition) is 1. The van der Waals surface area contributed by atoms with Crippen LogP contribution in [0.4, 0.5) is 19.5 Å². The molecule has 2 rings (SSSR count). The van der Waals surface area contributed by atoms with Crippen molar-refractivity contribution in [2.45, 2.75) is 10.7 Å². The standard InChI is InChI=1S/C7H6F2S.C6H5ClN4O4S/c8-7(9)10-6-4-2-1-3-5-6;1-15-4-2-3(7)8-5(9-4)10-6(12)11-16(13)14/h1-5,7H;2H,1H3,(H,8,9,10,12). The number of benzene rings is 1. The number of aromatic nitrogens is 2. The first-order valence-electron chi connectivity index (χ1n) is 6.50. The van der Waals surface area contributed by atoms with Gasteiger partial charge in [0.15, 0.2) is 0 Å². The number of nitrogens with zero attached hydrogens (tertiary/aromatic N) is 3. The van der Waals surface area contributed by atoms with Gasteiger partial charge in [0.05, 0.1) is 7.11 Å². The molecule has 0 saturated carbocycles. The van der Waals surface area contributed by atoms with Gasteiger partial charge in [-0.05, 0) is 12.1 Å². The molecule has 0 aliphatic carbocycles. The zero-order valence-corrected chi connectivity index (χ0v) is 15.4. The van der Waals surface area contributed by atoms with Crippen molar-refractivity contribution in [1.29, 1.82) is 0 Å². The number of thioether (sulfide) groups is 1. The van der Waals surface area contributed by atoms with Crippen molar-refractivity contribution in [3.63, 3.8) is 0 Å². The van der Waals surface area contributed by atoms with Gasteiger partial charge in [-0.25, -0.2) is 9.78 Å². The number of hydrogen-bond acceptors (Lipinski definition) is 7. The molecule has 1 aromatic carbocycles. The molecule has 8 nitrogen and oxygen atoms in total. The van der Waals surface area contributed by atoms with Gasteiger partial charge in [-0.15, -0.1) is 0 Å². The number of urea groups is 1. The Morgan fingerprint density at radius 2 is 1.96 bits per heavy atom. The van der Waals surface area contributed by atoms with Crippen LogP contribution in [0, 0.1) is 0 Å². The molecular formula is C13H11ClF2N4O4S2. The summed E-state index contributed by atoms with van der Waals surface area (Å²) in [6.45, 7) is 0. The minimum Gasteiger partial charge on any atom is -0.481 e. The minimum atomic E-state index is -2.84. The lowest BCUT2D eigenvalue weighted by atomic mass is 10.4. The Hall–Kier alpha value is -2.31. The van der Waals surface area contributed by atoms with Crippen LogP contribution < -0.4 is 10.1 Å². The average molecular weight is 425 g/mol. The van der Waals surface area contributed by atoms with E-state index in [-0.39, 0.29) is 17.0 Å². The van der Waals surface area contributed by atoms with Crippen LogP contribution in [-0.4, -0.2) is 37.3 Å². The van der Waals surface area contributed by atoms with Crippen molar-refractivity contribution in [2.75, 3.05) is 12.4 Å². The number of alkyl halides is 2. The quantitative estimate of drug-likeness (QED) is 0.587. The smallest absolute Gasteiger partial charge is 0.362 e. The van der Waals surface area contributed by atoms with Crippen LogP contribution in [0.2, 0.25) is 5.15 Å². The third-order valence-corrected chi connectivity index (χ3v) is 3.46. The number of carbonyl (C=O) groups is 1. The van der Waals surface area contributed by atoms with Crippen LogP contribution in [0.5, 0.6) is 5.88 Å². The summed E-state index contributed by atoms with van der Waals surface area (Å²) in [7, 11) is -1.49. The normalized spacial score (nSPS) is 9.73. The lowest BCUT2D eigenvalue weighted by Crippen LogP contribution is -2.09. The van der Waals surface area contributed by atoms with E-state index in [0.29, 0.717) is 16.7 Å². The summed E-state index contributed by atoms with van der Waals surface area (Å²) in [6, 6.07) is 8.80. The molecule has 0 radical (unpaired) electrons. The van der Waals surface area contributed by atoms with Crippen LogP contribution in [0.25, 0.3) is 0 Å². The van der Waals surface area contributed by atoms with E-state index < -0.39 is 22.3 Å². The van der Waals surface area contributed by atoms with Crippen molar-refractivity contribution < 1.29 is 26.7 Å². The fraction of sp³-hybridized carbons (Fsp3) is 0.154. The molecule has 1 heterocycles. The molecule has 0 aliphatic rings. The molecule has 0 fully saturated rings. The van der Waals surface area contributed by atoms with E-state index in [1.807, 2.05) is 5.32 Å². The molecular weight excluding hydrogens is 414 g/mol. The van der Waals surface area contributed by atoms with Crippen LogP contribution in [0.3, 0.4) is 0 Å². The molecule has 140 valence electrons. The molecule has 0 bridgehead atoms. The first kappa shape index (κ1) is 21.7. The highest BCUT2D eigenvalue weighted by Gasteiger charge is 2.07. The highest BCUT2D eigenvalue weighted by Crippen LogP contribution is 2.23. The van der Waals surface area contributed by atoms with Gasteiger partial charge in [0.2, 0.25) is 11.8 Å². The molecule has 0 saturated heterocycles. The third kappa shape index (κ3) is 9.25. The lowest BCUT2D eigenvalue weighted by molar-refractivity contribution is 0.252. The maximum atomic E-state index is 11.7. The second-order valence-corrected chi connectivity index (χ2v) is 6.05.